The van der Waals surface area contributed by atoms with Crippen LogP contribution in [0.1, 0.15) is 58.0 Å². The van der Waals surface area contributed by atoms with E-state index in [4.69, 9.17) is 4.74 Å². The van der Waals surface area contributed by atoms with Crippen LogP contribution in [0.4, 0.5) is 0 Å². The topological polar surface area (TPSA) is 83.8 Å². The third-order valence-electron chi connectivity index (χ3n) is 3.58. The number of carbonyl (C=O) groups excluding carboxylic acids is 1. The van der Waals surface area contributed by atoms with Crippen molar-refractivity contribution in [3.05, 3.63) is 28.3 Å². The largest absolute Gasteiger partial charge is 0.506 e. The number of carboxylic acid groups (broad SMARTS) is 1. The molecule has 1 aliphatic carbocycles. The van der Waals surface area contributed by atoms with Gasteiger partial charge < -0.3 is 14.9 Å². The lowest BCUT2D eigenvalue weighted by Gasteiger charge is -2.14. The molecule has 1 aliphatic rings. The first-order valence-electron chi connectivity index (χ1n) is 6.84. The minimum Gasteiger partial charge on any atom is -0.506 e. The number of carbonyl (C=O) groups is 2. The predicted octanol–water partition coefficient (Wildman–Crippen LogP) is 2.54. The molecule has 5 heteroatoms. The van der Waals surface area contributed by atoms with Crippen molar-refractivity contribution in [2.24, 2.45) is 0 Å². The van der Waals surface area contributed by atoms with E-state index < -0.39 is 17.7 Å². The molecule has 0 radical (unpaired) electrons. The number of aromatic carboxylic acids is 1. The minimum absolute atomic E-state index is 0.0510. The van der Waals surface area contributed by atoms with Gasteiger partial charge in [-0.05, 0) is 49.8 Å². The van der Waals surface area contributed by atoms with Gasteiger partial charge in [-0.15, -0.1) is 0 Å². The van der Waals surface area contributed by atoms with Gasteiger partial charge in [-0.25, -0.2) is 9.59 Å². The smallest absolute Gasteiger partial charge is 0.341 e. The van der Waals surface area contributed by atoms with Crippen LogP contribution in [-0.2, 0) is 17.6 Å². The number of aromatic hydroxyl groups is 1. The van der Waals surface area contributed by atoms with Crippen molar-refractivity contribution in [2.75, 3.05) is 6.61 Å². The van der Waals surface area contributed by atoms with Gasteiger partial charge in [-0.2, -0.15) is 0 Å². The number of fused-ring (bicyclic) bond motifs is 1. The van der Waals surface area contributed by atoms with Crippen LogP contribution in [0, 0.1) is 0 Å². The second kappa shape index (κ2) is 5.94. The fourth-order valence-electron chi connectivity index (χ4n) is 2.67. The quantitative estimate of drug-likeness (QED) is 0.655. The van der Waals surface area contributed by atoms with E-state index in [1.807, 2.05) is 0 Å². The van der Waals surface area contributed by atoms with Crippen molar-refractivity contribution in [2.45, 2.75) is 39.0 Å². The molecule has 1 aromatic carbocycles. The molecule has 20 heavy (non-hydrogen) atoms. The van der Waals surface area contributed by atoms with Crippen LogP contribution < -0.4 is 0 Å². The molecule has 2 N–H and O–H groups in total. The van der Waals surface area contributed by atoms with E-state index in [9.17, 15) is 19.8 Å². The second-order valence-corrected chi connectivity index (χ2v) is 4.87. The molecule has 0 aliphatic heterocycles. The Morgan fingerprint density at radius 1 is 1.25 bits per heavy atom. The lowest BCUT2D eigenvalue weighted by molar-refractivity contribution is 0.0523. The predicted molar refractivity (Wildman–Crippen MR) is 72.3 cm³/mol. The fourth-order valence-corrected chi connectivity index (χ4v) is 2.67. The van der Waals surface area contributed by atoms with E-state index >= 15 is 0 Å². The number of ether oxygens (including phenoxy) is 1. The molecule has 1 aromatic rings. The van der Waals surface area contributed by atoms with Crippen molar-refractivity contribution >= 4 is 11.9 Å². The van der Waals surface area contributed by atoms with E-state index in [0.29, 0.717) is 12.0 Å². The maximum atomic E-state index is 11.8. The maximum absolute atomic E-state index is 11.8. The Morgan fingerprint density at radius 2 is 1.95 bits per heavy atom. The number of esters is 1. The minimum atomic E-state index is -1.20. The molecule has 0 aromatic heterocycles. The highest BCUT2D eigenvalue weighted by Gasteiger charge is 2.26. The fraction of sp³-hybridized carbons (Fsp3) is 0.467. The highest BCUT2D eigenvalue weighted by atomic mass is 16.5. The number of rotatable bonds is 3. The SMILES string of the molecule is CCOC(=O)c1cc2c(c(C(=O)O)c1O)CCCCC2. The average Bonchev–Trinajstić information content (AvgIpc) is 2.62. The van der Waals surface area contributed by atoms with E-state index in [1.165, 1.54) is 0 Å². The zero-order valence-electron chi connectivity index (χ0n) is 11.4. The third-order valence-corrected chi connectivity index (χ3v) is 3.58. The average molecular weight is 278 g/mol. The molecule has 2 rings (SSSR count). The molecule has 0 bridgehead atoms. The Balaban J connectivity index is 2.61. The van der Waals surface area contributed by atoms with Crippen LogP contribution in [0.5, 0.6) is 5.75 Å². The summed E-state index contributed by atoms with van der Waals surface area (Å²) in [6.45, 7) is 1.84. The zero-order chi connectivity index (χ0) is 14.7. The highest BCUT2D eigenvalue weighted by molar-refractivity contribution is 6.01. The summed E-state index contributed by atoms with van der Waals surface area (Å²) in [5, 5.41) is 19.5. The van der Waals surface area contributed by atoms with Gasteiger partial charge >= 0.3 is 11.9 Å². The Morgan fingerprint density at radius 3 is 2.60 bits per heavy atom. The maximum Gasteiger partial charge on any atom is 0.341 e. The van der Waals surface area contributed by atoms with Gasteiger partial charge in [0.15, 0.2) is 0 Å². The summed E-state index contributed by atoms with van der Waals surface area (Å²) in [6, 6.07) is 1.58. The van der Waals surface area contributed by atoms with Crippen molar-refractivity contribution in [3.8, 4) is 5.75 Å². The van der Waals surface area contributed by atoms with Gasteiger partial charge in [0.05, 0.1) is 6.61 Å². The number of hydrogen-bond acceptors (Lipinski definition) is 4. The van der Waals surface area contributed by atoms with Gasteiger partial charge in [0.25, 0.3) is 0 Å². The summed E-state index contributed by atoms with van der Waals surface area (Å²) in [5.74, 6) is -2.36. The van der Waals surface area contributed by atoms with Crippen LogP contribution in [0.15, 0.2) is 6.07 Å². The molecule has 0 amide bonds. The summed E-state index contributed by atoms with van der Waals surface area (Å²) in [4.78, 5) is 23.3. The summed E-state index contributed by atoms with van der Waals surface area (Å²) in [6.07, 6.45) is 4.21. The van der Waals surface area contributed by atoms with Crippen LogP contribution in [0.3, 0.4) is 0 Å². The first-order chi connectivity index (χ1) is 9.56. The molecule has 0 fully saturated rings. The molecule has 5 nitrogen and oxygen atoms in total. The monoisotopic (exact) mass is 278 g/mol. The Bertz CT molecular complexity index is 548. The molecule has 0 atom stereocenters. The Labute approximate surface area is 117 Å². The first kappa shape index (κ1) is 14.4. The van der Waals surface area contributed by atoms with Gasteiger partial charge in [0.2, 0.25) is 0 Å². The van der Waals surface area contributed by atoms with E-state index in [2.05, 4.69) is 0 Å². The molecule has 0 spiro atoms. The van der Waals surface area contributed by atoms with Crippen molar-refractivity contribution in [1.82, 2.24) is 0 Å². The molecule has 0 saturated heterocycles. The third kappa shape index (κ3) is 2.61. The lowest BCUT2D eigenvalue weighted by Crippen LogP contribution is -2.12. The molecule has 0 saturated carbocycles. The van der Waals surface area contributed by atoms with Gasteiger partial charge in [0, 0.05) is 0 Å². The van der Waals surface area contributed by atoms with Gasteiger partial charge in [-0.1, -0.05) is 6.42 Å². The van der Waals surface area contributed by atoms with Crippen LogP contribution in [0.25, 0.3) is 0 Å². The summed E-state index contributed by atoms with van der Waals surface area (Å²) in [7, 11) is 0. The normalized spacial score (nSPS) is 14.2. The van der Waals surface area contributed by atoms with Crippen molar-refractivity contribution < 1.29 is 24.5 Å². The van der Waals surface area contributed by atoms with E-state index in [-0.39, 0.29) is 17.7 Å². The van der Waals surface area contributed by atoms with E-state index in [1.54, 1.807) is 13.0 Å². The molecule has 0 unspecified atom stereocenters. The Hall–Kier alpha value is -2.04. The molecule has 0 heterocycles. The molecular formula is C15H18O5. The van der Waals surface area contributed by atoms with Crippen LogP contribution in [0.2, 0.25) is 0 Å². The number of phenols is 1. The second-order valence-electron chi connectivity index (χ2n) is 4.87. The van der Waals surface area contributed by atoms with Crippen molar-refractivity contribution in [1.29, 1.82) is 0 Å². The van der Waals surface area contributed by atoms with Gasteiger partial charge in [0.1, 0.15) is 16.9 Å². The zero-order valence-corrected chi connectivity index (χ0v) is 11.4. The lowest BCUT2D eigenvalue weighted by atomic mass is 9.93. The van der Waals surface area contributed by atoms with E-state index in [0.717, 1.165) is 31.2 Å². The molecular weight excluding hydrogens is 260 g/mol. The van der Waals surface area contributed by atoms with Crippen molar-refractivity contribution in [3.63, 3.8) is 0 Å². The highest BCUT2D eigenvalue weighted by Crippen LogP contribution is 2.33. The summed E-state index contributed by atoms with van der Waals surface area (Å²) < 4.78 is 4.87. The first-order valence-corrected chi connectivity index (χ1v) is 6.84. The number of benzene rings is 1. The standard InChI is InChI=1S/C15H18O5/c1-2-20-15(19)11-8-9-6-4-3-5-7-10(9)12(13(11)16)14(17)18/h8,16H,2-7H2,1H3,(H,17,18). The number of carboxylic acids is 1. The number of aryl methyl sites for hydroxylation is 1. The number of hydrogen-bond donors (Lipinski definition) is 2. The summed E-state index contributed by atoms with van der Waals surface area (Å²) >= 11 is 0. The molecule has 108 valence electrons. The summed E-state index contributed by atoms with van der Waals surface area (Å²) in [5.41, 5.74) is 1.29. The Kier molecular flexibility index (Phi) is 4.27. The van der Waals surface area contributed by atoms with Crippen LogP contribution >= 0.6 is 0 Å². The van der Waals surface area contributed by atoms with Gasteiger partial charge in [-0.3, -0.25) is 0 Å². The van der Waals surface area contributed by atoms with Crippen LogP contribution in [-0.4, -0.2) is 28.8 Å².